The van der Waals surface area contributed by atoms with E-state index >= 15 is 0 Å². The number of rotatable bonds is 7. The Hall–Kier alpha value is -3.01. The minimum Gasteiger partial charge on any atom is -0.480 e. The van der Waals surface area contributed by atoms with Gasteiger partial charge in [0.2, 0.25) is 0 Å². The van der Waals surface area contributed by atoms with Gasteiger partial charge in [0.25, 0.3) is 11.8 Å². The van der Waals surface area contributed by atoms with Crippen molar-refractivity contribution in [3.8, 4) is 18.1 Å². The van der Waals surface area contributed by atoms with Crippen LogP contribution in [0.4, 0.5) is 0 Å². The van der Waals surface area contributed by atoms with Crippen LogP contribution in [-0.2, 0) is 4.79 Å². The molecule has 2 amide bonds. The number of nitrogens with zero attached hydrogens (tertiary/aromatic N) is 1. The van der Waals surface area contributed by atoms with E-state index in [9.17, 15) is 9.59 Å². The Morgan fingerprint density at radius 3 is 2.70 bits per heavy atom. The Morgan fingerprint density at radius 2 is 1.96 bits per heavy atom. The Balaban J connectivity index is 1.86. The zero-order valence-electron chi connectivity index (χ0n) is 14.0. The van der Waals surface area contributed by atoms with Gasteiger partial charge in [-0.15, -0.1) is 6.42 Å². The number of halogens is 2. The Bertz CT molecular complexity index is 907. The van der Waals surface area contributed by atoms with Gasteiger partial charge in [0.15, 0.2) is 0 Å². The minimum atomic E-state index is -0.498. The highest BCUT2D eigenvalue weighted by atomic mass is 35.5. The highest BCUT2D eigenvalue weighted by Crippen LogP contribution is 2.22. The number of para-hydroxylation sites is 1. The summed E-state index contributed by atoms with van der Waals surface area (Å²) in [4.78, 5) is 23.8. The molecule has 2 rings (SSSR count). The first-order valence-corrected chi connectivity index (χ1v) is 8.47. The van der Waals surface area contributed by atoms with Crippen LogP contribution in [0.1, 0.15) is 15.9 Å². The van der Waals surface area contributed by atoms with Gasteiger partial charge in [0, 0.05) is 11.1 Å². The number of amides is 2. The molecule has 0 saturated carbocycles. The van der Waals surface area contributed by atoms with Crippen molar-refractivity contribution in [2.75, 3.05) is 13.2 Å². The van der Waals surface area contributed by atoms with Crippen LogP contribution in [0, 0.1) is 12.3 Å². The second-order valence-electron chi connectivity index (χ2n) is 5.14. The molecule has 2 aromatic rings. The number of hydrogen-bond donors (Lipinski definition) is 2. The van der Waals surface area contributed by atoms with Gasteiger partial charge < -0.3 is 10.1 Å². The van der Waals surface area contributed by atoms with E-state index in [0.717, 1.165) is 0 Å². The number of carbonyl (C=O) groups excluding carboxylic acids is 2. The Morgan fingerprint density at radius 1 is 1.19 bits per heavy atom. The van der Waals surface area contributed by atoms with Gasteiger partial charge >= 0.3 is 0 Å². The number of benzene rings is 2. The fourth-order valence-electron chi connectivity index (χ4n) is 1.95. The van der Waals surface area contributed by atoms with Crippen molar-refractivity contribution in [1.29, 1.82) is 0 Å². The van der Waals surface area contributed by atoms with Crippen LogP contribution < -0.4 is 15.5 Å². The van der Waals surface area contributed by atoms with Crippen molar-refractivity contribution < 1.29 is 14.3 Å². The van der Waals surface area contributed by atoms with Crippen LogP contribution in [0.2, 0.25) is 10.0 Å². The molecule has 0 aliphatic carbocycles. The second-order valence-corrected chi connectivity index (χ2v) is 5.95. The third-order valence-corrected chi connectivity index (χ3v) is 3.95. The maximum atomic E-state index is 12.0. The van der Waals surface area contributed by atoms with Crippen LogP contribution >= 0.6 is 23.2 Å². The normalized spacial score (nSPS) is 10.3. The van der Waals surface area contributed by atoms with E-state index in [-0.39, 0.29) is 18.2 Å². The predicted octanol–water partition coefficient (Wildman–Crippen LogP) is 2.89. The molecule has 0 saturated heterocycles. The molecule has 0 atom stereocenters. The van der Waals surface area contributed by atoms with Gasteiger partial charge in [0.1, 0.15) is 12.4 Å². The molecule has 0 heterocycles. The SMILES string of the molecule is C#CCOc1ccccc1C=NNC(=O)CNC(=O)c1ccc(Cl)c(Cl)c1. The molecule has 6 nitrogen and oxygen atoms in total. The van der Waals surface area contributed by atoms with Crippen molar-refractivity contribution in [2.45, 2.75) is 0 Å². The molecule has 27 heavy (non-hydrogen) atoms. The number of ether oxygens (including phenoxy) is 1. The quantitative estimate of drug-likeness (QED) is 0.423. The molecule has 8 heteroatoms. The standard InChI is InChI=1S/C19H15Cl2N3O3/c1-2-9-27-17-6-4-3-5-14(17)11-23-24-18(25)12-22-19(26)13-7-8-15(20)16(21)10-13/h1,3-8,10-11H,9,12H2,(H,22,26)(H,24,25). The fraction of sp³-hybridized carbons (Fsp3) is 0.105. The average Bonchev–Trinajstić information content (AvgIpc) is 2.67. The van der Waals surface area contributed by atoms with E-state index < -0.39 is 11.8 Å². The summed E-state index contributed by atoms with van der Waals surface area (Å²) in [6.07, 6.45) is 6.59. The number of hydrogen-bond acceptors (Lipinski definition) is 4. The zero-order chi connectivity index (χ0) is 19.6. The van der Waals surface area contributed by atoms with Crippen molar-refractivity contribution in [2.24, 2.45) is 5.10 Å². The monoisotopic (exact) mass is 403 g/mol. The van der Waals surface area contributed by atoms with Crippen LogP contribution in [-0.4, -0.2) is 31.2 Å². The summed E-state index contributed by atoms with van der Waals surface area (Å²) in [6.45, 7) is -0.135. The van der Waals surface area contributed by atoms with E-state index in [1.807, 2.05) is 0 Å². The van der Waals surface area contributed by atoms with Crippen molar-refractivity contribution in [1.82, 2.24) is 10.7 Å². The lowest BCUT2D eigenvalue weighted by molar-refractivity contribution is -0.120. The predicted molar refractivity (Wildman–Crippen MR) is 105 cm³/mol. The number of carbonyl (C=O) groups is 2. The molecule has 138 valence electrons. The van der Waals surface area contributed by atoms with E-state index in [2.05, 4.69) is 21.8 Å². The number of terminal acetylenes is 1. The van der Waals surface area contributed by atoms with Gasteiger partial charge in [-0.3, -0.25) is 9.59 Å². The lowest BCUT2D eigenvalue weighted by Crippen LogP contribution is -2.34. The molecule has 0 unspecified atom stereocenters. The molecule has 0 aliphatic heterocycles. The highest BCUT2D eigenvalue weighted by Gasteiger charge is 2.09. The van der Waals surface area contributed by atoms with Crippen molar-refractivity contribution in [3.63, 3.8) is 0 Å². The number of hydrazone groups is 1. The summed E-state index contributed by atoms with van der Waals surface area (Å²) in [5.74, 6) is 1.96. The largest absolute Gasteiger partial charge is 0.480 e. The van der Waals surface area contributed by atoms with Gasteiger partial charge in [-0.05, 0) is 30.3 Å². The van der Waals surface area contributed by atoms with Gasteiger partial charge in [-0.25, -0.2) is 5.43 Å². The molecule has 0 radical (unpaired) electrons. The zero-order valence-corrected chi connectivity index (χ0v) is 15.6. The van der Waals surface area contributed by atoms with Gasteiger partial charge in [0.05, 0.1) is 22.8 Å². The van der Waals surface area contributed by atoms with Gasteiger partial charge in [-0.2, -0.15) is 5.10 Å². The topological polar surface area (TPSA) is 79.8 Å². The van der Waals surface area contributed by atoms with Crippen molar-refractivity contribution in [3.05, 3.63) is 63.6 Å². The molecule has 2 N–H and O–H groups in total. The minimum absolute atomic E-state index is 0.123. The van der Waals surface area contributed by atoms with Crippen LogP contribution in [0.25, 0.3) is 0 Å². The maximum Gasteiger partial charge on any atom is 0.259 e. The molecular formula is C19H15Cl2N3O3. The molecule has 0 aromatic heterocycles. The van der Waals surface area contributed by atoms with Crippen molar-refractivity contribution >= 4 is 41.2 Å². The van der Waals surface area contributed by atoms with Crippen LogP contribution in [0.15, 0.2) is 47.6 Å². The maximum absolute atomic E-state index is 12.0. The summed E-state index contributed by atoms with van der Waals surface area (Å²) in [5.41, 5.74) is 3.25. The molecule has 0 aliphatic rings. The lowest BCUT2D eigenvalue weighted by atomic mass is 10.2. The summed E-state index contributed by atoms with van der Waals surface area (Å²) in [5, 5.41) is 6.89. The highest BCUT2D eigenvalue weighted by molar-refractivity contribution is 6.42. The second kappa shape index (κ2) is 10.2. The summed E-state index contributed by atoms with van der Waals surface area (Å²) in [7, 11) is 0. The van der Waals surface area contributed by atoms with Gasteiger partial charge in [-0.1, -0.05) is 41.3 Å². The summed E-state index contributed by atoms with van der Waals surface area (Å²) < 4.78 is 5.37. The average molecular weight is 404 g/mol. The molecule has 0 bridgehead atoms. The molecular weight excluding hydrogens is 389 g/mol. The lowest BCUT2D eigenvalue weighted by Gasteiger charge is -2.06. The van der Waals surface area contributed by atoms with E-state index in [1.54, 1.807) is 24.3 Å². The molecule has 0 fully saturated rings. The van der Waals surface area contributed by atoms with E-state index in [4.69, 9.17) is 34.4 Å². The summed E-state index contributed by atoms with van der Waals surface area (Å²) in [6, 6.07) is 11.5. The summed E-state index contributed by atoms with van der Waals surface area (Å²) >= 11 is 11.7. The number of nitrogens with one attached hydrogen (secondary N) is 2. The first-order valence-electron chi connectivity index (χ1n) is 7.71. The molecule has 2 aromatic carbocycles. The Labute approximate surface area is 166 Å². The van der Waals surface area contributed by atoms with Crippen LogP contribution in [0.5, 0.6) is 5.75 Å². The van der Waals surface area contributed by atoms with Crippen LogP contribution in [0.3, 0.4) is 0 Å². The first kappa shape index (κ1) is 20.3. The first-order chi connectivity index (χ1) is 13.0. The smallest absolute Gasteiger partial charge is 0.259 e. The fourth-order valence-corrected chi connectivity index (χ4v) is 2.25. The van der Waals surface area contributed by atoms with E-state index in [0.29, 0.717) is 21.9 Å². The van der Waals surface area contributed by atoms with E-state index in [1.165, 1.54) is 24.4 Å². The third-order valence-electron chi connectivity index (χ3n) is 3.21. The third kappa shape index (κ3) is 6.33. The Kier molecular flexibility index (Phi) is 7.68. The molecule has 0 spiro atoms.